The highest BCUT2D eigenvalue weighted by Crippen LogP contribution is 2.18. The molecule has 0 fully saturated rings. The van der Waals surface area contributed by atoms with Gasteiger partial charge in [0.2, 0.25) is 5.91 Å². The second kappa shape index (κ2) is 9.69. The molecule has 0 spiro atoms. The summed E-state index contributed by atoms with van der Waals surface area (Å²) in [6, 6.07) is 13.6. The van der Waals surface area contributed by atoms with Crippen LogP contribution in [0.3, 0.4) is 0 Å². The third-order valence-corrected chi connectivity index (χ3v) is 4.94. The van der Waals surface area contributed by atoms with Gasteiger partial charge in [-0.2, -0.15) is 13.2 Å². The van der Waals surface area contributed by atoms with Gasteiger partial charge in [0.25, 0.3) is 0 Å². The molecular weight excluding hydrogens is 429 g/mol. The Balaban J connectivity index is 0.000000360. The van der Waals surface area contributed by atoms with Crippen LogP contribution < -0.4 is 16.3 Å². The number of halogens is 3. The van der Waals surface area contributed by atoms with Crippen LogP contribution in [0.2, 0.25) is 0 Å². The second-order valence-corrected chi connectivity index (χ2v) is 7.09. The lowest BCUT2D eigenvalue weighted by Gasteiger charge is -2.20. The fourth-order valence-electron chi connectivity index (χ4n) is 3.43. The first-order valence-corrected chi connectivity index (χ1v) is 9.71. The number of rotatable bonds is 4. The maximum atomic E-state index is 12.4. The molecule has 1 aliphatic rings. The van der Waals surface area contributed by atoms with Crippen LogP contribution in [-0.4, -0.2) is 39.3 Å². The lowest BCUT2D eigenvalue weighted by molar-refractivity contribution is -0.192. The fraction of sp³-hybridized carbons (Fsp3) is 0.286. The number of H-pyrrole nitrogens is 1. The molecule has 0 aliphatic carbocycles. The topological polar surface area (TPSA) is 116 Å². The number of fused-ring (bicyclic) bond motifs is 2. The zero-order valence-electron chi connectivity index (χ0n) is 16.8. The van der Waals surface area contributed by atoms with Gasteiger partial charge < -0.3 is 20.7 Å². The summed E-state index contributed by atoms with van der Waals surface area (Å²) < 4.78 is 33.2. The summed E-state index contributed by atoms with van der Waals surface area (Å²) in [5.74, 6) is -2.93. The van der Waals surface area contributed by atoms with Crippen molar-refractivity contribution in [2.75, 3.05) is 6.54 Å². The van der Waals surface area contributed by atoms with Gasteiger partial charge in [-0.25, -0.2) is 9.59 Å². The van der Waals surface area contributed by atoms with E-state index in [1.54, 1.807) is 0 Å². The van der Waals surface area contributed by atoms with Crippen molar-refractivity contribution in [1.82, 2.24) is 20.2 Å². The number of aromatic nitrogens is 2. The van der Waals surface area contributed by atoms with Gasteiger partial charge in [-0.05, 0) is 41.8 Å². The van der Waals surface area contributed by atoms with Crippen molar-refractivity contribution in [3.05, 3.63) is 69.6 Å². The Morgan fingerprint density at radius 1 is 1.12 bits per heavy atom. The van der Waals surface area contributed by atoms with Gasteiger partial charge in [-0.1, -0.05) is 30.3 Å². The number of carbonyl (C=O) groups is 2. The molecule has 0 radical (unpaired) electrons. The van der Waals surface area contributed by atoms with E-state index in [1.807, 2.05) is 30.3 Å². The molecule has 0 atom stereocenters. The number of hydrogen-bond donors (Lipinski definition) is 4. The van der Waals surface area contributed by atoms with Crippen LogP contribution in [0.25, 0.3) is 11.0 Å². The monoisotopic (exact) mass is 450 g/mol. The Morgan fingerprint density at radius 2 is 1.84 bits per heavy atom. The molecule has 0 saturated carbocycles. The van der Waals surface area contributed by atoms with Crippen LogP contribution in [0.4, 0.5) is 13.2 Å². The molecule has 2 heterocycles. The SMILES string of the molecule is O=C(Cn1c(=O)[nH]c2ccccc21)NCc1cccc2c1CCNC2.O=C(O)C(F)(F)F. The summed E-state index contributed by atoms with van der Waals surface area (Å²) in [7, 11) is 0. The number of carboxylic acid groups (broad SMARTS) is 1. The minimum Gasteiger partial charge on any atom is -0.475 e. The number of imidazole rings is 1. The maximum absolute atomic E-state index is 12.4. The normalized spacial score (nSPS) is 13.1. The lowest BCUT2D eigenvalue weighted by atomic mass is 9.95. The number of aliphatic carboxylic acids is 1. The van der Waals surface area contributed by atoms with Crippen LogP contribution in [-0.2, 0) is 35.6 Å². The first-order chi connectivity index (χ1) is 15.2. The number of carboxylic acids is 1. The Hall–Kier alpha value is -3.60. The molecule has 4 rings (SSSR count). The number of benzene rings is 2. The Morgan fingerprint density at radius 3 is 2.56 bits per heavy atom. The average Bonchev–Trinajstić information content (AvgIpc) is 3.07. The van der Waals surface area contributed by atoms with E-state index in [1.165, 1.54) is 15.7 Å². The summed E-state index contributed by atoms with van der Waals surface area (Å²) in [6.45, 7) is 2.34. The molecule has 4 N–H and O–H groups in total. The molecule has 1 amide bonds. The number of nitrogens with one attached hydrogen (secondary N) is 3. The van der Waals surface area contributed by atoms with Crippen molar-refractivity contribution < 1.29 is 27.9 Å². The molecular formula is C21H21F3N4O4. The number of carbonyl (C=O) groups excluding carboxylic acids is 1. The van der Waals surface area contributed by atoms with Crippen molar-refractivity contribution in [3.8, 4) is 0 Å². The van der Waals surface area contributed by atoms with Gasteiger partial charge in [0, 0.05) is 13.1 Å². The minimum atomic E-state index is -5.08. The summed E-state index contributed by atoms with van der Waals surface area (Å²) in [6.07, 6.45) is -4.11. The first kappa shape index (κ1) is 23.1. The summed E-state index contributed by atoms with van der Waals surface area (Å²) in [5, 5.41) is 13.4. The molecule has 2 aromatic carbocycles. The highest BCUT2D eigenvalue weighted by molar-refractivity contribution is 5.80. The average molecular weight is 450 g/mol. The highest BCUT2D eigenvalue weighted by atomic mass is 19.4. The first-order valence-electron chi connectivity index (χ1n) is 9.71. The van der Waals surface area contributed by atoms with Crippen LogP contribution in [0.1, 0.15) is 16.7 Å². The van der Waals surface area contributed by atoms with E-state index < -0.39 is 12.1 Å². The molecule has 11 heteroatoms. The molecule has 1 aromatic heterocycles. The third kappa shape index (κ3) is 5.55. The van der Waals surface area contributed by atoms with E-state index in [2.05, 4.69) is 27.8 Å². The van der Waals surface area contributed by atoms with Crippen molar-refractivity contribution in [3.63, 3.8) is 0 Å². The van der Waals surface area contributed by atoms with Crippen LogP contribution in [0.5, 0.6) is 0 Å². The van der Waals surface area contributed by atoms with E-state index >= 15 is 0 Å². The minimum absolute atomic E-state index is 0.0133. The Labute approximate surface area is 180 Å². The quantitative estimate of drug-likeness (QED) is 0.485. The van der Waals surface area contributed by atoms with E-state index in [0.717, 1.165) is 36.1 Å². The van der Waals surface area contributed by atoms with Gasteiger partial charge in [-0.15, -0.1) is 0 Å². The van der Waals surface area contributed by atoms with Gasteiger partial charge in [0.15, 0.2) is 0 Å². The lowest BCUT2D eigenvalue weighted by Crippen LogP contribution is -2.32. The molecule has 8 nitrogen and oxygen atoms in total. The molecule has 32 heavy (non-hydrogen) atoms. The number of hydrogen-bond acceptors (Lipinski definition) is 4. The van der Waals surface area contributed by atoms with E-state index in [-0.39, 0.29) is 18.1 Å². The van der Waals surface area contributed by atoms with E-state index in [0.29, 0.717) is 6.54 Å². The molecule has 3 aromatic rings. The van der Waals surface area contributed by atoms with Gasteiger partial charge >= 0.3 is 17.8 Å². The van der Waals surface area contributed by atoms with Crippen LogP contribution in [0, 0.1) is 0 Å². The largest absolute Gasteiger partial charge is 0.490 e. The Bertz CT molecular complexity index is 1180. The van der Waals surface area contributed by atoms with Crippen molar-refractivity contribution in [1.29, 1.82) is 0 Å². The molecule has 170 valence electrons. The number of aromatic amines is 1. The van der Waals surface area contributed by atoms with Gasteiger partial charge in [-0.3, -0.25) is 9.36 Å². The second-order valence-electron chi connectivity index (χ2n) is 7.09. The summed E-state index contributed by atoms with van der Waals surface area (Å²) in [5.41, 5.74) is 4.99. The fourth-order valence-corrected chi connectivity index (χ4v) is 3.43. The predicted molar refractivity (Wildman–Crippen MR) is 110 cm³/mol. The molecule has 1 aliphatic heterocycles. The smallest absolute Gasteiger partial charge is 0.475 e. The van der Waals surface area contributed by atoms with Crippen LogP contribution in [0.15, 0.2) is 47.3 Å². The van der Waals surface area contributed by atoms with Gasteiger partial charge in [0.05, 0.1) is 11.0 Å². The molecule has 0 saturated heterocycles. The van der Waals surface area contributed by atoms with Crippen molar-refractivity contribution in [2.45, 2.75) is 32.2 Å². The third-order valence-electron chi connectivity index (χ3n) is 4.94. The van der Waals surface area contributed by atoms with E-state index in [9.17, 15) is 22.8 Å². The summed E-state index contributed by atoms with van der Waals surface area (Å²) in [4.78, 5) is 36.1. The number of alkyl halides is 3. The Kier molecular flexibility index (Phi) is 6.98. The predicted octanol–water partition coefficient (Wildman–Crippen LogP) is 1.92. The maximum Gasteiger partial charge on any atom is 0.490 e. The number of para-hydroxylation sites is 2. The molecule has 0 unspecified atom stereocenters. The van der Waals surface area contributed by atoms with E-state index in [4.69, 9.17) is 9.90 Å². The number of nitrogens with zero attached hydrogens (tertiary/aromatic N) is 1. The number of amides is 1. The molecule has 0 bridgehead atoms. The standard InChI is InChI=1S/C19H20N4O2.C2HF3O2/c24-18(12-23-17-7-2-1-6-16(17)22-19(23)25)21-11-14-5-3-4-13-10-20-9-8-15(13)14;3-2(4,5)1(6)7/h1-7,20H,8-12H2,(H,21,24)(H,22,25);(H,6,7). The van der Waals surface area contributed by atoms with Gasteiger partial charge in [0.1, 0.15) is 6.54 Å². The van der Waals surface area contributed by atoms with Crippen molar-refractivity contribution >= 4 is 22.9 Å². The highest BCUT2D eigenvalue weighted by Gasteiger charge is 2.38. The van der Waals surface area contributed by atoms with Crippen molar-refractivity contribution in [2.24, 2.45) is 0 Å². The summed E-state index contributed by atoms with van der Waals surface area (Å²) >= 11 is 0. The zero-order valence-corrected chi connectivity index (χ0v) is 16.8. The van der Waals surface area contributed by atoms with Crippen LogP contribution >= 0.6 is 0 Å². The zero-order chi connectivity index (χ0) is 23.3.